The molecule has 2 N–H and O–H groups in total. The Hall–Kier alpha value is 0.869. The van der Waals surface area contributed by atoms with Crippen LogP contribution in [0.1, 0.15) is 25.5 Å². The molecule has 96 valence electrons. The molecule has 0 aromatic heterocycles. The molecule has 17 heavy (non-hydrogen) atoms. The van der Waals surface area contributed by atoms with Crippen LogP contribution in [0.15, 0.2) is 24.3 Å². The first kappa shape index (κ1) is 15.9. The zero-order valence-corrected chi connectivity index (χ0v) is 15.1. The molecule has 0 aliphatic rings. The van der Waals surface area contributed by atoms with Crippen molar-refractivity contribution in [2.24, 2.45) is 5.73 Å². The molecular formula is C11H17Cl2NOSSn. The minimum absolute atomic E-state index is 0.0813. The third kappa shape index (κ3) is 4.80. The molecule has 0 fully saturated rings. The van der Waals surface area contributed by atoms with E-state index in [0.717, 1.165) is 14.9 Å². The first-order chi connectivity index (χ1) is 7.99. The molecule has 0 saturated heterocycles. The second-order valence-corrected chi connectivity index (χ2v) is 18.6. The number of benzene rings is 1. The summed E-state index contributed by atoms with van der Waals surface area (Å²) in [5.74, 6) is 1.54. The first-order valence-electron chi connectivity index (χ1n) is 5.43. The molecule has 1 aromatic rings. The Morgan fingerprint density at radius 3 is 2.65 bits per heavy atom. The molecule has 0 aliphatic carbocycles. The van der Waals surface area contributed by atoms with Crippen LogP contribution >= 0.6 is 29.6 Å². The predicted molar refractivity (Wildman–Crippen MR) is 80.2 cm³/mol. The topological polar surface area (TPSA) is 35.2 Å². The Bertz CT molecular complexity index is 363. The van der Waals surface area contributed by atoms with Gasteiger partial charge in [0.1, 0.15) is 0 Å². The number of hydrogen-bond donors (Lipinski definition) is 1. The third-order valence-corrected chi connectivity index (χ3v) is 12.3. The summed E-state index contributed by atoms with van der Waals surface area (Å²) < 4.78 is 6.62. The Labute approximate surface area is 119 Å². The summed E-state index contributed by atoms with van der Waals surface area (Å²) in [5, 5.41) is 0. The van der Waals surface area contributed by atoms with E-state index >= 15 is 0 Å². The summed E-state index contributed by atoms with van der Waals surface area (Å²) in [7, 11) is 12.9. The quantitative estimate of drug-likeness (QED) is 0.453. The molecule has 1 unspecified atom stereocenters. The van der Waals surface area contributed by atoms with E-state index in [9.17, 15) is 0 Å². The summed E-state index contributed by atoms with van der Waals surface area (Å²) in [6, 6.07) is 7.69. The molecule has 0 amide bonds. The van der Waals surface area contributed by atoms with Gasteiger partial charge in [0.2, 0.25) is 0 Å². The molecule has 0 heterocycles. The Kier molecular flexibility index (Phi) is 6.98. The van der Waals surface area contributed by atoms with Crippen LogP contribution in [-0.4, -0.2) is 28.2 Å². The number of nitrogens with two attached hydrogens (primary N) is 1. The zero-order valence-electron chi connectivity index (χ0n) is 9.95. The van der Waals surface area contributed by atoms with Gasteiger partial charge in [-0.3, -0.25) is 0 Å². The fraction of sp³-hybridized carbons (Fsp3) is 0.455. The molecule has 0 aliphatic heterocycles. The first-order valence-corrected chi connectivity index (χ1v) is 16.4. The van der Waals surface area contributed by atoms with Crippen molar-refractivity contribution in [2.45, 2.75) is 19.9 Å². The van der Waals surface area contributed by atoms with Crippen LogP contribution in [0.3, 0.4) is 0 Å². The molecule has 0 spiro atoms. The SMILES string of the molecule is CCSC[O][Sn]([Cl])([Cl])[c]1ccccc1C(C)N. The number of thioether (sulfide) groups is 1. The van der Waals surface area contributed by atoms with Gasteiger partial charge in [-0.2, -0.15) is 0 Å². The molecule has 0 saturated carbocycles. The predicted octanol–water partition coefficient (Wildman–Crippen LogP) is 3.06. The Morgan fingerprint density at radius 1 is 1.41 bits per heavy atom. The summed E-state index contributed by atoms with van der Waals surface area (Å²) >= 11 is -1.99. The van der Waals surface area contributed by atoms with Gasteiger partial charge in [-0.25, -0.2) is 0 Å². The van der Waals surface area contributed by atoms with E-state index in [-0.39, 0.29) is 6.04 Å². The molecule has 1 atom stereocenters. The average Bonchev–Trinajstić information content (AvgIpc) is 2.29. The van der Waals surface area contributed by atoms with Crippen LogP contribution in [0, 0.1) is 0 Å². The molecule has 0 radical (unpaired) electrons. The zero-order chi connectivity index (χ0) is 12.9. The van der Waals surface area contributed by atoms with E-state index in [0.29, 0.717) is 5.94 Å². The summed E-state index contributed by atoms with van der Waals surface area (Å²) in [4.78, 5) is 0. The molecule has 2 nitrogen and oxygen atoms in total. The van der Waals surface area contributed by atoms with E-state index in [4.69, 9.17) is 26.7 Å². The third-order valence-electron chi connectivity index (χ3n) is 2.29. The van der Waals surface area contributed by atoms with Crippen molar-refractivity contribution in [2.75, 3.05) is 11.7 Å². The molecule has 0 bridgehead atoms. The van der Waals surface area contributed by atoms with Gasteiger partial charge >= 0.3 is 120 Å². The van der Waals surface area contributed by atoms with Gasteiger partial charge in [0.05, 0.1) is 0 Å². The summed E-state index contributed by atoms with van der Waals surface area (Å²) in [6.07, 6.45) is 0. The van der Waals surface area contributed by atoms with Crippen molar-refractivity contribution in [3.05, 3.63) is 29.8 Å². The molecule has 6 heteroatoms. The number of halogens is 2. The van der Waals surface area contributed by atoms with Gasteiger partial charge < -0.3 is 0 Å². The van der Waals surface area contributed by atoms with Gasteiger partial charge in [0, 0.05) is 0 Å². The fourth-order valence-corrected chi connectivity index (χ4v) is 11.0. The van der Waals surface area contributed by atoms with E-state index in [2.05, 4.69) is 6.92 Å². The van der Waals surface area contributed by atoms with Crippen LogP contribution < -0.4 is 9.31 Å². The van der Waals surface area contributed by atoms with Gasteiger partial charge in [-0.05, 0) is 0 Å². The van der Waals surface area contributed by atoms with Crippen LogP contribution in [0.25, 0.3) is 0 Å². The van der Waals surface area contributed by atoms with E-state index < -0.39 is 16.5 Å². The van der Waals surface area contributed by atoms with Gasteiger partial charge in [0.25, 0.3) is 0 Å². The van der Waals surface area contributed by atoms with Crippen LogP contribution in [0.5, 0.6) is 0 Å². The fourth-order valence-electron chi connectivity index (χ4n) is 1.44. The number of rotatable bonds is 6. The second kappa shape index (κ2) is 7.46. The van der Waals surface area contributed by atoms with E-state index in [1.807, 2.05) is 31.2 Å². The normalized spacial score (nSPS) is 13.7. The Morgan fingerprint density at radius 2 is 2.06 bits per heavy atom. The van der Waals surface area contributed by atoms with Crippen molar-refractivity contribution in [3.8, 4) is 0 Å². The maximum absolute atomic E-state index is 6.43. The van der Waals surface area contributed by atoms with E-state index in [1.54, 1.807) is 11.8 Å². The molecular weight excluding hydrogens is 384 g/mol. The van der Waals surface area contributed by atoms with Gasteiger partial charge in [-0.15, -0.1) is 0 Å². The van der Waals surface area contributed by atoms with E-state index in [1.165, 1.54) is 0 Å². The van der Waals surface area contributed by atoms with Crippen molar-refractivity contribution >= 4 is 49.7 Å². The van der Waals surface area contributed by atoms with Crippen molar-refractivity contribution in [1.82, 2.24) is 0 Å². The van der Waals surface area contributed by atoms with Gasteiger partial charge in [-0.1, -0.05) is 0 Å². The van der Waals surface area contributed by atoms with Gasteiger partial charge in [0.15, 0.2) is 0 Å². The van der Waals surface area contributed by atoms with Crippen LogP contribution in [0.2, 0.25) is 0 Å². The monoisotopic (exact) mass is 401 g/mol. The summed E-state index contributed by atoms with van der Waals surface area (Å²) in [6.45, 7) is 4.00. The van der Waals surface area contributed by atoms with Crippen LogP contribution in [0.4, 0.5) is 0 Å². The standard InChI is InChI=1S/C8H10N.C3H7OS.2ClH.Sn/c1-7(9)8-5-3-2-4-6-8;1-2-5-3-4;;;/h2-5,7H,9H2,1H3;2-3H2,1H3;2*1H;/q;-1;;;+3/p-2. The number of hydrogen-bond acceptors (Lipinski definition) is 3. The van der Waals surface area contributed by atoms with Crippen molar-refractivity contribution < 1.29 is 3.07 Å². The molecule has 1 aromatic carbocycles. The average molecular weight is 401 g/mol. The molecule has 1 rings (SSSR count). The van der Waals surface area contributed by atoms with Crippen molar-refractivity contribution in [3.63, 3.8) is 0 Å². The summed E-state index contributed by atoms with van der Waals surface area (Å²) in [5.41, 5.74) is 6.92. The van der Waals surface area contributed by atoms with Crippen LogP contribution in [-0.2, 0) is 3.07 Å². The van der Waals surface area contributed by atoms with Crippen molar-refractivity contribution in [1.29, 1.82) is 0 Å². The Balaban J connectivity index is 2.89. The second-order valence-electron chi connectivity index (χ2n) is 3.65. The maximum atomic E-state index is 6.43. The minimum atomic E-state index is -3.67.